The van der Waals surface area contributed by atoms with E-state index in [2.05, 4.69) is 12.0 Å². The first-order valence-corrected chi connectivity index (χ1v) is 10.7. The number of benzene rings is 1. The summed E-state index contributed by atoms with van der Waals surface area (Å²) in [5.74, 6) is -0.596. The summed E-state index contributed by atoms with van der Waals surface area (Å²) in [7, 11) is 0. The first kappa shape index (κ1) is 23.4. The van der Waals surface area contributed by atoms with E-state index in [1.54, 1.807) is 29.9 Å². The zero-order valence-electron chi connectivity index (χ0n) is 18.7. The molecule has 1 atom stereocenters. The third-order valence-corrected chi connectivity index (χ3v) is 5.57. The monoisotopic (exact) mass is 434 g/mol. The van der Waals surface area contributed by atoms with Crippen LogP contribution < -0.4 is 5.48 Å². The second-order valence-electron chi connectivity index (χ2n) is 8.38. The lowest BCUT2D eigenvalue weighted by Crippen LogP contribution is -2.19. The second-order valence-corrected chi connectivity index (χ2v) is 8.38. The van der Waals surface area contributed by atoms with E-state index in [4.69, 9.17) is 10.6 Å². The van der Waals surface area contributed by atoms with Gasteiger partial charge in [-0.1, -0.05) is 37.3 Å². The van der Waals surface area contributed by atoms with Gasteiger partial charge in [0.15, 0.2) is 0 Å². The quantitative estimate of drug-likeness (QED) is 0.175. The molecule has 168 valence electrons. The maximum Gasteiger partial charge on any atom is 0.267 e. The average molecular weight is 435 g/mol. The zero-order valence-corrected chi connectivity index (χ0v) is 18.7. The van der Waals surface area contributed by atoms with Gasteiger partial charge in [-0.2, -0.15) is 5.10 Å². The van der Waals surface area contributed by atoms with Crippen LogP contribution in [0, 0.1) is 5.41 Å². The molecule has 0 saturated heterocycles. The molecule has 7 heteroatoms. The van der Waals surface area contributed by atoms with Crippen molar-refractivity contribution in [1.82, 2.24) is 15.1 Å². The molecule has 0 aliphatic carbocycles. The summed E-state index contributed by atoms with van der Waals surface area (Å²) in [5, 5.41) is 32.5. The van der Waals surface area contributed by atoms with Gasteiger partial charge in [0.1, 0.15) is 5.60 Å². The summed E-state index contributed by atoms with van der Waals surface area (Å²) in [4.78, 5) is 11.1. The van der Waals surface area contributed by atoms with E-state index < -0.39 is 11.5 Å². The van der Waals surface area contributed by atoms with Gasteiger partial charge >= 0.3 is 0 Å². The van der Waals surface area contributed by atoms with Gasteiger partial charge < -0.3 is 10.5 Å². The highest BCUT2D eigenvalue weighted by molar-refractivity contribution is 5.91. The highest BCUT2D eigenvalue weighted by Crippen LogP contribution is 2.29. The van der Waals surface area contributed by atoms with Crippen molar-refractivity contribution in [3.8, 4) is 0 Å². The van der Waals surface area contributed by atoms with Crippen molar-refractivity contribution in [2.75, 3.05) is 0 Å². The number of aromatic nitrogens is 2. The molecule has 3 rings (SSSR count). The van der Waals surface area contributed by atoms with Crippen LogP contribution in [0.25, 0.3) is 11.6 Å². The van der Waals surface area contributed by atoms with Crippen molar-refractivity contribution in [3.63, 3.8) is 0 Å². The molecule has 32 heavy (non-hydrogen) atoms. The van der Waals surface area contributed by atoms with E-state index in [0.717, 1.165) is 28.6 Å². The highest BCUT2D eigenvalue weighted by atomic mass is 16.5. The molecular formula is C25H30N4O3. The molecule has 0 bridgehead atoms. The number of nitrogens with one attached hydrogen (secondary N) is 2. The van der Waals surface area contributed by atoms with Gasteiger partial charge in [-0.05, 0) is 62.4 Å². The maximum atomic E-state index is 11.1. The van der Waals surface area contributed by atoms with Crippen LogP contribution in [0.5, 0.6) is 0 Å². The van der Waals surface area contributed by atoms with Crippen LogP contribution in [0.1, 0.15) is 61.9 Å². The Morgan fingerprint density at radius 2 is 1.97 bits per heavy atom. The lowest BCUT2D eigenvalue weighted by Gasteiger charge is -2.19. The smallest absolute Gasteiger partial charge is 0.267 e. The van der Waals surface area contributed by atoms with E-state index in [0.29, 0.717) is 24.2 Å². The second kappa shape index (κ2) is 9.89. The van der Waals surface area contributed by atoms with Gasteiger partial charge in [0.05, 0.1) is 11.2 Å². The van der Waals surface area contributed by atoms with Crippen molar-refractivity contribution in [3.05, 3.63) is 77.1 Å². The number of aliphatic hydroxyl groups is 1. The summed E-state index contributed by atoms with van der Waals surface area (Å²) in [6.07, 6.45) is 6.73. The number of rotatable bonds is 9. The van der Waals surface area contributed by atoms with Crippen molar-refractivity contribution in [2.45, 2.75) is 51.6 Å². The third-order valence-electron chi connectivity index (χ3n) is 5.57. The lowest BCUT2D eigenvalue weighted by molar-refractivity contribution is -0.124. The highest BCUT2D eigenvalue weighted by Gasteiger charge is 2.26. The van der Waals surface area contributed by atoms with Crippen LogP contribution in [-0.4, -0.2) is 31.5 Å². The Kier molecular flexibility index (Phi) is 7.22. The number of pyridine rings is 1. The zero-order chi connectivity index (χ0) is 23.3. The number of carbonyl (C=O) groups is 1. The first-order chi connectivity index (χ1) is 15.2. The standard InChI is InChI=1S/C25H30N4O3/c1-4-19(18-11-8-17(9-12-18)10-15-23(30)28-32)21(26)14-13-20-22-7-5-6-16-29(22)27-24(20)25(2,3)31/h5-12,15-16,19,26,31-32H,4,13-14H2,1-3H3,(H,28,30)/b15-10+,26-21?/t19-/m0/s1. The first-order valence-electron chi connectivity index (χ1n) is 10.7. The van der Waals surface area contributed by atoms with Gasteiger partial charge in [0.25, 0.3) is 5.91 Å². The molecule has 0 saturated carbocycles. The fourth-order valence-electron chi connectivity index (χ4n) is 3.95. The van der Waals surface area contributed by atoms with Crippen LogP contribution >= 0.6 is 0 Å². The lowest BCUT2D eigenvalue weighted by atomic mass is 9.87. The SMILES string of the molecule is CC[C@H](C(=N)CCc1c(C(C)(C)O)nn2ccccc12)c1ccc(/C=C/C(=O)NO)cc1. The summed E-state index contributed by atoms with van der Waals surface area (Å²) in [5.41, 5.74) is 5.58. The Bertz CT molecular complexity index is 1120. The Morgan fingerprint density at radius 3 is 2.59 bits per heavy atom. The molecule has 1 amide bonds. The molecule has 2 heterocycles. The molecule has 3 aromatic rings. The van der Waals surface area contributed by atoms with E-state index in [9.17, 15) is 9.90 Å². The van der Waals surface area contributed by atoms with E-state index in [1.165, 1.54) is 6.08 Å². The fourth-order valence-corrected chi connectivity index (χ4v) is 3.95. The Labute approximate surface area is 187 Å². The van der Waals surface area contributed by atoms with Crippen LogP contribution in [0.15, 0.2) is 54.7 Å². The fraction of sp³-hybridized carbons (Fsp3) is 0.320. The largest absolute Gasteiger partial charge is 0.384 e. The number of nitrogens with zero attached hydrogens (tertiary/aromatic N) is 2. The van der Waals surface area contributed by atoms with Crippen LogP contribution in [0.4, 0.5) is 0 Å². The van der Waals surface area contributed by atoms with Crippen molar-refractivity contribution < 1.29 is 15.1 Å². The molecule has 2 aromatic heterocycles. The Balaban J connectivity index is 1.77. The minimum atomic E-state index is -1.07. The summed E-state index contributed by atoms with van der Waals surface area (Å²) < 4.78 is 1.78. The van der Waals surface area contributed by atoms with Crippen molar-refractivity contribution in [1.29, 1.82) is 5.41 Å². The van der Waals surface area contributed by atoms with E-state index in [1.807, 2.05) is 48.7 Å². The number of carbonyl (C=O) groups excluding carboxylic acids is 1. The summed E-state index contributed by atoms with van der Waals surface area (Å²) in [6.45, 7) is 5.54. The molecule has 0 radical (unpaired) electrons. The molecule has 1 aromatic carbocycles. The number of hydroxylamine groups is 1. The molecule has 0 spiro atoms. The molecule has 4 N–H and O–H groups in total. The minimum Gasteiger partial charge on any atom is -0.384 e. The molecule has 7 nitrogen and oxygen atoms in total. The van der Waals surface area contributed by atoms with Gasteiger partial charge in [-0.25, -0.2) is 10.00 Å². The van der Waals surface area contributed by atoms with Gasteiger partial charge in [0.2, 0.25) is 0 Å². The number of aryl methyl sites for hydroxylation is 1. The molecule has 0 fully saturated rings. The average Bonchev–Trinajstić information content (AvgIpc) is 3.16. The topological polar surface area (TPSA) is 111 Å². The van der Waals surface area contributed by atoms with Crippen LogP contribution in [0.2, 0.25) is 0 Å². The van der Waals surface area contributed by atoms with Gasteiger partial charge in [0, 0.05) is 29.5 Å². The van der Waals surface area contributed by atoms with Gasteiger partial charge in [-0.15, -0.1) is 0 Å². The third kappa shape index (κ3) is 5.30. The van der Waals surface area contributed by atoms with Crippen LogP contribution in [-0.2, 0) is 16.8 Å². The normalized spacial score (nSPS) is 12.9. The van der Waals surface area contributed by atoms with Crippen molar-refractivity contribution in [2.24, 2.45) is 0 Å². The molecule has 0 aliphatic heterocycles. The predicted molar refractivity (Wildman–Crippen MR) is 125 cm³/mol. The molecule has 0 aliphatic rings. The molecular weight excluding hydrogens is 404 g/mol. The van der Waals surface area contributed by atoms with Gasteiger partial charge in [-0.3, -0.25) is 10.0 Å². The number of fused-ring (bicyclic) bond motifs is 1. The minimum absolute atomic E-state index is 0.0128. The summed E-state index contributed by atoms with van der Waals surface area (Å²) in [6, 6.07) is 13.6. The number of hydrogen-bond donors (Lipinski definition) is 4. The van der Waals surface area contributed by atoms with E-state index >= 15 is 0 Å². The van der Waals surface area contributed by atoms with Crippen LogP contribution in [0.3, 0.4) is 0 Å². The van der Waals surface area contributed by atoms with Crippen molar-refractivity contribution >= 4 is 23.2 Å². The summed E-state index contributed by atoms with van der Waals surface area (Å²) >= 11 is 0. The van der Waals surface area contributed by atoms with E-state index in [-0.39, 0.29) is 5.92 Å². The number of amides is 1. The Hall–Kier alpha value is -3.29. The number of hydrogen-bond acceptors (Lipinski definition) is 5. The maximum absolute atomic E-state index is 11.1. The predicted octanol–water partition coefficient (Wildman–Crippen LogP) is 4.23. The Morgan fingerprint density at radius 1 is 1.25 bits per heavy atom. The molecule has 0 unspecified atom stereocenters.